The van der Waals surface area contributed by atoms with Crippen LogP contribution in [0.15, 0.2) is 16.7 Å². The van der Waals surface area contributed by atoms with Gasteiger partial charge in [-0.1, -0.05) is 13.3 Å². The fourth-order valence-electron chi connectivity index (χ4n) is 1.09. The predicted molar refractivity (Wildman–Crippen MR) is 63.6 cm³/mol. The largest absolute Gasteiger partial charge is 0.356 e. The molecule has 0 unspecified atom stereocenters. The number of H-pyrrole nitrogens is 1. The van der Waals surface area contributed by atoms with E-state index < -0.39 is 0 Å². The van der Waals surface area contributed by atoms with Crippen LogP contribution >= 0.6 is 15.9 Å². The lowest BCUT2D eigenvalue weighted by molar-refractivity contribution is -0.121. The minimum atomic E-state index is -0.365. The number of amides is 2. The molecule has 0 atom stereocenters. The summed E-state index contributed by atoms with van der Waals surface area (Å²) in [6.07, 6.45) is 3.83. The molecule has 0 aromatic carbocycles. The molecule has 5 nitrogen and oxygen atoms in total. The number of aromatic amines is 1. The average molecular weight is 288 g/mol. The standard InChI is InChI=1S/C10H14BrN3O2/c1-2-3-4-9(15)13-14-10(16)8-5-7(11)6-12-8/h5-6,12H,2-4H2,1H3,(H,13,15)(H,14,16). The molecule has 0 aliphatic rings. The van der Waals surface area contributed by atoms with Gasteiger partial charge in [-0.25, -0.2) is 0 Å². The number of rotatable bonds is 4. The molecule has 2 amide bonds. The molecule has 0 saturated carbocycles. The van der Waals surface area contributed by atoms with Gasteiger partial charge in [0.25, 0.3) is 5.91 Å². The van der Waals surface area contributed by atoms with E-state index in [1.54, 1.807) is 12.3 Å². The number of carbonyl (C=O) groups excluding carboxylic acids is 2. The van der Waals surface area contributed by atoms with Gasteiger partial charge < -0.3 is 4.98 Å². The van der Waals surface area contributed by atoms with Gasteiger partial charge in [0.1, 0.15) is 5.69 Å². The summed E-state index contributed by atoms with van der Waals surface area (Å²) in [7, 11) is 0. The number of unbranched alkanes of at least 4 members (excludes halogenated alkanes) is 1. The third kappa shape index (κ3) is 4.06. The van der Waals surface area contributed by atoms with E-state index in [-0.39, 0.29) is 11.8 Å². The Hall–Kier alpha value is -1.30. The van der Waals surface area contributed by atoms with Crippen molar-refractivity contribution in [3.63, 3.8) is 0 Å². The summed E-state index contributed by atoms with van der Waals surface area (Å²) in [6, 6.07) is 1.63. The second-order valence-corrected chi connectivity index (χ2v) is 4.25. The first-order valence-corrected chi connectivity index (χ1v) is 5.86. The maximum atomic E-state index is 11.5. The normalized spacial score (nSPS) is 9.88. The lowest BCUT2D eigenvalue weighted by Crippen LogP contribution is -2.41. The maximum absolute atomic E-state index is 11.5. The minimum Gasteiger partial charge on any atom is -0.356 e. The Kier molecular flexibility index (Phi) is 5.04. The van der Waals surface area contributed by atoms with E-state index in [1.165, 1.54) is 0 Å². The van der Waals surface area contributed by atoms with E-state index in [1.807, 2.05) is 6.92 Å². The van der Waals surface area contributed by atoms with Gasteiger partial charge in [0.2, 0.25) is 5.91 Å². The first kappa shape index (κ1) is 12.8. The van der Waals surface area contributed by atoms with Gasteiger partial charge in [-0.15, -0.1) is 0 Å². The summed E-state index contributed by atoms with van der Waals surface area (Å²) in [5, 5.41) is 0. The highest BCUT2D eigenvalue weighted by Gasteiger charge is 2.08. The zero-order valence-electron chi connectivity index (χ0n) is 8.97. The van der Waals surface area contributed by atoms with E-state index in [0.29, 0.717) is 12.1 Å². The number of hydrazine groups is 1. The lowest BCUT2D eigenvalue weighted by atomic mass is 10.2. The Morgan fingerprint density at radius 3 is 2.75 bits per heavy atom. The van der Waals surface area contributed by atoms with Gasteiger partial charge in [0.05, 0.1) is 0 Å². The van der Waals surface area contributed by atoms with Gasteiger partial charge in [0.15, 0.2) is 0 Å². The first-order valence-electron chi connectivity index (χ1n) is 5.06. The molecular formula is C10H14BrN3O2. The summed E-state index contributed by atoms with van der Waals surface area (Å²) < 4.78 is 0.787. The molecule has 0 aliphatic heterocycles. The molecule has 88 valence electrons. The van der Waals surface area contributed by atoms with Crippen LogP contribution in [-0.4, -0.2) is 16.8 Å². The molecule has 16 heavy (non-hydrogen) atoms. The third-order valence-electron chi connectivity index (χ3n) is 1.97. The van der Waals surface area contributed by atoms with Crippen LogP contribution in [0.5, 0.6) is 0 Å². The molecule has 0 radical (unpaired) electrons. The number of halogens is 1. The molecule has 0 bridgehead atoms. The van der Waals surface area contributed by atoms with Crippen LogP contribution in [0.3, 0.4) is 0 Å². The van der Waals surface area contributed by atoms with Crippen molar-refractivity contribution in [3.8, 4) is 0 Å². The van der Waals surface area contributed by atoms with Crippen LogP contribution in [0.4, 0.5) is 0 Å². The van der Waals surface area contributed by atoms with E-state index >= 15 is 0 Å². The molecule has 0 spiro atoms. The molecule has 0 aliphatic carbocycles. The maximum Gasteiger partial charge on any atom is 0.286 e. The van der Waals surface area contributed by atoms with E-state index in [4.69, 9.17) is 0 Å². The Morgan fingerprint density at radius 1 is 1.44 bits per heavy atom. The van der Waals surface area contributed by atoms with Gasteiger partial charge in [-0.2, -0.15) is 0 Å². The fraction of sp³-hybridized carbons (Fsp3) is 0.400. The van der Waals surface area contributed by atoms with Crippen molar-refractivity contribution in [2.24, 2.45) is 0 Å². The SMILES string of the molecule is CCCCC(=O)NNC(=O)c1cc(Br)c[nH]1. The van der Waals surface area contributed by atoms with E-state index in [0.717, 1.165) is 17.3 Å². The van der Waals surface area contributed by atoms with Crippen LogP contribution < -0.4 is 10.9 Å². The summed E-state index contributed by atoms with van der Waals surface area (Å²) in [5.74, 6) is -0.545. The summed E-state index contributed by atoms with van der Waals surface area (Å²) in [5.41, 5.74) is 5.07. The summed E-state index contributed by atoms with van der Waals surface area (Å²) in [4.78, 5) is 25.4. The molecule has 0 saturated heterocycles. The van der Waals surface area contributed by atoms with Crippen molar-refractivity contribution in [2.45, 2.75) is 26.2 Å². The molecule has 0 fully saturated rings. The molecule has 1 heterocycles. The van der Waals surface area contributed by atoms with E-state index in [2.05, 4.69) is 31.8 Å². The number of hydrogen-bond acceptors (Lipinski definition) is 2. The monoisotopic (exact) mass is 287 g/mol. The molecular weight excluding hydrogens is 274 g/mol. The Bertz CT molecular complexity index is 376. The Morgan fingerprint density at radius 2 is 2.19 bits per heavy atom. The van der Waals surface area contributed by atoms with Crippen LogP contribution in [0.2, 0.25) is 0 Å². The van der Waals surface area contributed by atoms with Crippen molar-refractivity contribution in [1.82, 2.24) is 15.8 Å². The lowest BCUT2D eigenvalue weighted by Gasteiger charge is -2.05. The zero-order valence-corrected chi connectivity index (χ0v) is 10.6. The van der Waals surface area contributed by atoms with Crippen LogP contribution in [0.1, 0.15) is 36.7 Å². The minimum absolute atomic E-state index is 0.180. The van der Waals surface area contributed by atoms with Crippen LogP contribution in [0.25, 0.3) is 0 Å². The molecule has 1 aromatic rings. The van der Waals surface area contributed by atoms with Crippen molar-refractivity contribution >= 4 is 27.7 Å². The highest BCUT2D eigenvalue weighted by Crippen LogP contribution is 2.09. The predicted octanol–water partition coefficient (Wildman–Crippen LogP) is 1.73. The number of nitrogens with one attached hydrogen (secondary N) is 3. The number of hydrogen-bond donors (Lipinski definition) is 3. The molecule has 6 heteroatoms. The van der Waals surface area contributed by atoms with Crippen molar-refractivity contribution in [3.05, 3.63) is 22.4 Å². The molecule has 1 rings (SSSR count). The smallest absolute Gasteiger partial charge is 0.286 e. The molecule has 1 aromatic heterocycles. The van der Waals surface area contributed by atoms with Gasteiger partial charge in [0, 0.05) is 17.1 Å². The first-order chi connectivity index (χ1) is 7.63. The second-order valence-electron chi connectivity index (χ2n) is 3.34. The Balaban J connectivity index is 2.33. The highest BCUT2D eigenvalue weighted by atomic mass is 79.9. The van der Waals surface area contributed by atoms with Crippen molar-refractivity contribution in [2.75, 3.05) is 0 Å². The zero-order chi connectivity index (χ0) is 12.0. The van der Waals surface area contributed by atoms with E-state index in [9.17, 15) is 9.59 Å². The van der Waals surface area contributed by atoms with Crippen LogP contribution in [-0.2, 0) is 4.79 Å². The quantitative estimate of drug-likeness (QED) is 0.738. The second kappa shape index (κ2) is 6.32. The topological polar surface area (TPSA) is 74.0 Å². The summed E-state index contributed by atoms with van der Waals surface area (Å²) in [6.45, 7) is 2.00. The summed E-state index contributed by atoms with van der Waals surface area (Å²) >= 11 is 3.22. The van der Waals surface area contributed by atoms with Crippen molar-refractivity contribution < 1.29 is 9.59 Å². The van der Waals surface area contributed by atoms with Gasteiger partial charge in [-0.05, 0) is 28.4 Å². The fourth-order valence-corrected chi connectivity index (χ4v) is 1.44. The van der Waals surface area contributed by atoms with Crippen LogP contribution in [0, 0.1) is 0 Å². The number of carbonyl (C=O) groups is 2. The highest BCUT2D eigenvalue weighted by molar-refractivity contribution is 9.10. The average Bonchev–Trinajstić information content (AvgIpc) is 2.69. The van der Waals surface area contributed by atoms with Crippen molar-refractivity contribution in [1.29, 1.82) is 0 Å². The molecule has 3 N–H and O–H groups in total. The number of aromatic nitrogens is 1. The van der Waals surface area contributed by atoms with Gasteiger partial charge >= 0.3 is 0 Å². The van der Waals surface area contributed by atoms with Gasteiger partial charge in [-0.3, -0.25) is 20.4 Å². The Labute approximate surface area is 102 Å². The third-order valence-corrected chi connectivity index (χ3v) is 2.42.